The minimum Gasteiger partial charge on any atom is -0.491 e. The lowest BCUT2D eigenvalue weighted by molar-refractivity contribution is -0.165. The average Bonchev–Trinajstić information content (AvgIpc) is 2.93. The molecule has 0 amide bonds. The Morgan fingerprint density at radius 3 is 2.47 bits per heavy atom. The summed E-state index contributed by atoms with van der Waals surface area (Å²) in [5, 5.41) is 1.42. The Balaban J connectivity index is 1.29. The van der Waals surface area contributed by atoms with Gasteiger partial charge in [0.2, 0.25) is 0 Å². The molecule has 0 spiro atoms. The van der Waals surface area contributed by atoms with Gasteiger partial charge in [-0.15, -0.1) is 0 Å². The van der Waals surface area contributed by atoms with E-state index >= 15 is 0 Å². The van der Waals surface area contributed by atoms with Gasteiger partial charge in [0.05, 0.1) is 23.4 Å². The zero-order valence-electron chi connectivity index (χ0n) is 21.9. The number of benzene rings is 3. The van der Waals surface area contributed by atoms with Crippen molar-refractivity contribution in [3.05, 3.63) is 94.0 Å². The number of rotatable bonds is 9. The van der Waals surface area contributed by atoms with E-state index in [4.69, 9.17) is 37.4 Å². The van der Waals surface area contributed by atoms with E-state index in [0.717, 1.165) is 62.0 Å². The summed E-state index contributed by atoms with van der Waals surface area (Å²) >= 11 is 13.1. The van der Waals surface area contributed by atoms with Crippen LogP contribution in [-0.2, 0) is 16.0 Å². The Morgan fingerprint density at radius 1 is 0.921 bits per heavy atom. The zero-order chi connectivity index (χ0) is 26.3. The van der Waals surface area contributed by atoms with Crippen molar-refractivity contribution in [2.24, 2.45) is 0 Å². The van der Waals surface area contributed by atoms with Crippen LogP contribution in [0.4, 0.5) is 5.69 Å². The molecule has 5 nitrogen and oxygen atoms in total. The summed E-state index contributed by atoms with van der Waals surface area (Å²) in [6, 6.07) is 25.2. The molecular formula is C31H36Cl2N2O3. The van der Waals surface area contributed by atoms with Gasteiger partial charge in [-0.3, -0.25) is 4.90 Å². The third-order valence-electron chi connectivity index (χ3n) is 7.26. The third kappa shape index (κ3) is 7.02. The smallest absolute Gasteiger partial charge is 0.157 e. The van der Waals surface area contributed by atoms with Crippen LogP contribution in [0.2, 0.25) is 10.0 Å². The molecule has 5 rings (SSSR count). The molecule has 7 heteroatoms. The molecule has 2 saturated heterocycles. The third-order valence-corrected chi connectivity index (χ3v) is 7.81. The van der Waals surface area contributed by atoms with E-state index in [-0.39, 0.29) is 18.4 Å². The molecule has 2 heterocycles. The van der Waals surface area contributed by atoms with E-state index in [1.807, 2.05) is 24.3 Å². The second kappa shape index (κ2) is 13.2. The van der Waals surface area contributed by atoms with Crippen molar-refractivity contribution < 1.29 is 14.2 Å². The van der Waals surface area contributed by atoms with Gasteiger partial charge >= 0.3 is 0 Å². The summed E-state index contributed by atoms with van der Waals surface area (Å²) < 4.78 is 17.4. The Morgan fingerprint density at radius 2 is 1.74 bits per heavy atom. The molecule has 0 N–H and O–H groups in total. The maximum Gasteiger partial charge on any atom is 0.157 e. The van der Waals surface area contributed by atoms with E-state index in [1.165, 1.54) is 11.1 Å². The number of ether oxygens (including phenoxy) is 3. The predicted molar refractivity (Wildman–Crippen MR) is 154 cm³/mol. The van der Waals surface area contributed by atoms with Gasteiger partial charge in [-0.05, 0) is 61.6 Å². The standard InChI is InChI=1S/C31H36Cl2N2O3/c1-23-20-34(21-24-7-3-2-4-8-24)22-30(25-10-12-26(32)13-11-25)35(23)29-15-14-27(19-28(29)33)36-17-18-38-31-9-5-6-16-37-31/h2-4,7-8,10-15,19,23,30-31H,5-6,9,16-18,20-22H2,1H3/t23-,30?,31?/m0/s1. The van der Waals surface area contributed by atoms with Gasteiger partial charge in [-0.2, -0.15) is 0 Å². The lowest BCUT2D eigenvalue weighted by atomic mass is 9.97. The molecule has 0 radical (unpaired) electrons. The molecule has 3 aromatic carbocycles. The first-order valence-electron chi connectivity index (χ1n) is 13.5. The molecule has 3 aromatic rings. The number of hydrogen-bond donors (Lipinski definition) is 0. The number of anilines is 1. The van der Waals surface area contributed by atoms with Gasteiger partial charge < -0.3 is 19.1 Å². The van der Waals surface area contributed by atoms with E-state index < -0.39 is 0 Å². The van der Waals surface area contributed by atoms with Gasteiger partial charge in [-0.25, -0.2) is 0 Å². The van der Waals surface area contributed by atoms with Crippen LogP contribution >= 0.6 is 23.2 Å². The highest BCUT2D eigenvalue weighted by molar-refractivity contribution is 6.33. The predicted octanol–water partition coefficient (Wildman–Crippen LogP) is 7.37. The van der Waals surface area contributed by atoms with Gasteiger partial charge in [0, 0.05) is 43.4 Å². The molecule has 2 aliphatic heterocycles. The van der Waals surface area contributed by atoms with Crippen LogP contribution in [0, 0.1) is 0 Å². The van der Waals surface area contributed by atoms with Crippen molar-refractivity contribution in [1.82, 2.24) is 4.90 Å². The largest absolute Gasteiger partial charge is 0.491 e. The highest BCUT2D eigenvalue weighted by atomic mass is 35.5. The van der Waals surface area contributed by atoms with Crippen molar-refractivity contribution in [3.8, 4) is 5.75 Å². The minimum absolute atomic E-state index is 0.106. The molecule has 2 fully saturated rings. The van der Waals surface area contributed by atoms with Crippen molar-refractivity contribution in [2.75, 3.05) is 37.8 Å². The minimum atomic E-state index is -0.106. The van der Waals surface area contributed by atoms with E-state index in [1.54, 1.807) is 0 Å². The average molecular weight is 556 g/mol. The fraction of sp³-hybridized carbons (Fsp3) is 0.419. The number of halogens is 2. The molecule has 0 saturated carbocycles. The molecule has 0 aliphatic carbocycles. The maximum absolute atomic E-state index is 6.90. The second-order valence-electron chi connectivity index (χ2n) is 10.1. The van der Waals surface area contributed by atoms with Crippen LogP contribution in [0.5, 0.6) is 5.75 Å². The first-order chi connectivity index (χ1) is 18.6. The zero-order valence-corrected chi connectivity index (χ0v) is 23.4. The van der Waals surface area contributed by atoms with Crippen molar-refractivity contribution in [2.45, 2.75) is 51.1 Å². The molecular weight excluding hydrogens is 519 g/mol. The number of piperazine rings is 1. The van der Waals surface area contributed by atoms with Crippen LogP contribution in [0.15, 0.2) is 72.8 Å². The molecule has 38 heavy (non-hydrogen) atoms. The summed E-state index contributed by atoms with van der Waals surface area (Å²) in [4.78, 5) is 4.97. The quantitative estimate of drug-likeness (QED) is 0.258. The van der Waals surface area contributed by atoms with Gasteiger partial charge in [0.1, 0.15) is 12.4 Å². The van der Waals surface area contributed by atoms with Crippen molar-refractivity contribution in [3.63, 3.8) is 0 Å². The Kier molecular flexibility index (Phi) is 9.47. The summed E-state index contributed by atoms with van der Waals surface area (Å²) in [6.07, 6.45) is 3.11. The molecule has 202 valence electrons. The molecule has 0 aromatic heterocycles. The normalized spacial score (nSPS) is 22.4. The van der Waals surface area contributed by atoms with Crippen LogP contribution in [-0.4, -0.2) is 50.1 Å². The SMILES string of the molecule is C[C@H]1CN(Cc2ccccc2)CC(c2ccc(Cl)cc2)N1c1ccc(OCCOC2CCCCO2)cc1Cl. The van der Waals surface area contributed by atoms with Gasteiger partial charge in [0.25, 0.3) is 0 Å². The van der Waals surface area contributed by atoms with Crippen molar-refractivity contribution in [1.29, 1.82) is 0 Å². The summed E-state index contributed by atoms with van der Waals surface area (Å²) in [6.45, 7) is 6.73. The van der Waals surface area contributed by atoms with Gasteiger partial charge in [-0.1, -0.05) is 65.7 Å². The first-order valence-corrected chi connectivity index (χ1v) is 14.3. The van der Waals surface area contributed by atoms with E-state index in [0.29, 0.717) is 18.2 Å². The van der Waals surface area contributed by atoms with E-state index in [9.17, 15) is 0 Å². The molecule has 0 bridgehead atoms. The summed E-state index contributed by atoms with van der Waals surface area (Å²) in [7, 11) is 0. The summed E-state index contributed by atoms with van der Waals surface area (Å²) in [5.41, 5.74) is 3.55. The lowest BCUT2D eigenvalue weighted by Crippen LogP contribution is -2.53. The van der Waals surface area contributed by atoms with Crippen LogP contribution in [0.3, 0.4) is 0 Å². The second-order valence-corrected chi connectivity index (χ2v) is 11.0. The lowest BCUT2D eigenvalue weighted by Gasteiger charge is -2.47. The van der Waals surface area contributed by atoms with Gasteiger partial charge in [0.15, 0.2) is 6.29 Å². The monoisotopic (exact) mass is 554 g/mol. The summed E-state index contributed by atoms with van der Waals surface area (Å²) in [5.74, 6) is 0.741. The van der Waals surface area contributed by atoms with E-state index in [2.05, 4.69) is 65.3 Å². The van der Waals surface area contributed by atoms with Crippen molar-refractivity contribution >= 4 is 28.9 Å². The maximum atomic E-state index is 6.90. The van der Waals surface area contributed by atoms with Crippen LogP contribution in [0.1, 0.15) is 43.4 Å². The number of hydrogen-bond acceptors (Lipinski definition) is 5. The highest BCUT2D eigenvalue weighted by Crippen LogP contribution is 2.39. The number of nitrogens with zero attached hydrogens (tertiary/aromatic N) is 2. The molecule has 3 atom stereocenters. The molecule has 2 unspecified atom stereocenters. The Bertz CT molecular complexity index is 1160. The Hall–Kier alpha value is -2.28. The van der Waals surface area contributed by atoms with Crippen LogP contribution < -0.4 is 9.64 Å². The fourth-order valence-electron chi connectivity index (χ4n) is 5.47. The first kappa shape index (κ1) is 27.3. The highest BCUT2D eigenvalue weighted by Gasteiger charge is 2.34. The topological polar surface area (TPSA) is 34.2 Å². The molecule has 2 aliphatic rings. The van der Waals surface area contributed by atoms with Crippen LogP contribution in [0.25, 0.3) is 0 Å². The fourth-order valence-corrected chi connectivity index (χ4v) is 5.87. The Labute approximate surface area is 236 Å².